The maximum atomic E-state index is 13.1. The summed E-state index contributed by atoms with van der Waals surface area (Å²) in [5.41, 5.74) is 1.43. The maximum absolute atomic E-state index is 13.1. The van der Waals surface area contributed by atoms with Gasteiger partial charge in [-0.05, 0) is 19.8 Å². The lowest BCUT2D eigenvalue weighted by molar-refractivity contribution is -0.144. The molecule has 0 bridgehead atoms. The van der Waals surface area contributed by atoms with Gasteiger partial charge in [-0.2, -0.15) is 22.7 Å². The molecule has 166 valence electrons. The van der Waals surface area contributed by atoms with E-state index in [1.807, 2.05) is 17.0 Å². The third-order valence-corrected chi connectivity index (χ3v) is 5.14. The topological polar surface area (TPSA) is 76.8 Å². The molecule has 11 heteroatoms. The lowest BCUT2D eigenvalue weighted by atomic mass is 10.0. The number of methoxy groups -OCH3 is 2. The predicted octanol–water partition coefficient (Wildman–Crippen LogP) is 3.55. The maximum Gasteiger partial charge on any atom is 0.453 e. The number of rotatable bonds is 5. The molecule has 0 saturated carbocycles. The van der Waals surface area contributed by atoms with Gasteiger partial charge < -0.3 is 19.7 Å². The van der Waals surface area contributed by atoms with Crippen molar-refractivity contribution in [3.63, 3.8) is 0 Å². The number of benzene rings is 1. The summed E-state index contributed by atoms with van der Waals surface area (Å²) >= 11 is 0. The SMILES string of the molecule is COc1cc(NC2CCCN(c3cc(C)nc4nc(C(F)(F)F)nn34)C2)cc(OC)c1. The molecule has 1 fully saturated rings. The smallest absolute Gasteiger partial charge is 0.453 e. The molecule has 1 N–H and O–H groups in total. The van der Waals surface area contributed by atoms with Crippen LogP contribution in [0.15, 0.2) is 24.3 Å². The zero-order valence-corrected chi connectivity index (χ0v) is 17.4. The Morgan fingerprint density at radius 1 is 1.06 bits per heavy atom. The Balaban J connectivity index is 1.60. The van der Waals surface area contributed by atoms with Crippen LogP contribution in [0.3, 0.4) is 0 Å². The molecule has 1 saturated heterocycles. The third-order valence-electron chi connectivity index (χ3n) is 5.14. The first kappa shape index (κ1) is 21.0. The van der Waals surface area contributed by atoms with Gasteiger partial charge in [0, 0.05) is 54.8 Å². The number of nitrogens with one attached hydrogen (secondary N) is 1. The molecule has 4 rings (SSSR count). The van der Waals surface area contributed by atoms with Gasteiger partial charge in [0.25, 0.3) is 11.6 Å². The second-order valence-electron chi connectivity index (χ2n) is 7.43. The van der Waals surface area contributed by atoms with Crippen LogP contribution in [0.25, 0.3) is 5.78 Å². The Kier molecular flexibility index (Phi) is 5.50. The summed E-state index contributed by atoms with van der Waals surface area (Å²) in [4.78, 5) is 9.69. The molecule has 0 amide bonds. The van der Waals surface area contributed by atoms with Gasteiger partial charge in [-0.1, -0.05) is 0 Å². The number of halogens is 3. The standard InChI is InChI=1S/C20H23F3N6O2/c1-12-7-17(29-19(24-12)26-18(27-29)20(21,22)23)28-6-4-5-13(11-28)25-14-8-15(30-2)10-16(9-14)31-3/h7-10,13,25H,4-6,11H2,1-3H3. The molecule has 3 heterocycles. The van der Waals surface area contributed by atoms with Crippen LogP contribution in [0.4, 0.5) is 24.7 Å². The molecule has 3 aromatic rings. The van der Waals surface area contributed by atoms with E-state index < -0.39 is 12.0 Å². The minimum Gasteiger partial charge on any atom is -0.497 e. The van der Waals surface area contributed by atoms with Gasteiger partial charge in [-0.3, -0.25) is 0 Å². The van der Waals surface area contributed by atoms with Crippen LogP contribution in [0.2, 0.25) is 0 Å². The average molecular weight is 436 g/mol. The van der Waals surface area contributed by atoms with Gasteiger partial charge in [-0.15, -0.1) is 5.10 Å². The van der Waals surface area contributed by atoms with Crippen molar-refractivity contribution >= 4 is 17.3 Å². The highest BCUT2D eigenvalue weighted by atomic mass is 19.4. The van der Waals surface area contributed by atoms with Crippen LogP contribution >= 0.6 is 0 Å². The fraction of sp³-hybridized carbons (Fsp3) is 0.450. The number of piperidine rings is 1. The van der Waals surface area contributed by atoms with Crippen LogP contribution in [-0.2, 0) is 6.18 Å². The monoisotopic (exact) mass is 436 g/mol. The van der Waals surface area contributed by atoms with Crippen molar-refractivity contribution < 1.29 is 22.6 Å². The number of fused-ring (bicyclic) bond motifs is 1. The van der Waals surface area contributed by atoms with Crippen LogP contribution in [0.1, 0.15) is 24.4 Å². The molecule has 8 nitrogen and oxygen atoms in total. The summed E-state index contributed by atoms with van der Waals surface area (Å²) in [7, 11) is 3.18. The van der Waals surface area contributed by atoms with E-state index in [1.165, 1.54) is 4.52 Å². The number of anilines is 2. The fourth-order valence-corrected chi connectivity index (χ4v) is 3.74. The van der Waals surface area contributed by atoms with Crippen LogP contribution in [0, 0.1) is 6.92 Å². The van der Waals surface area contributed by atoms with E-state index in [-0.39, 0.29) is 11.8 Å². The van der Waals surface area contributed by atoms with Crippen molar-refractivity contribution in [2.24, 2.45) is 0 Å². The Hall–Kier alpha value is -3.24. The lowest BCUT2D eigenvalue weighted by Gasteiger charge is -2.35. The minimum absolute atomic E-state index is 0.0602. The second-order valence-corrected chi connectivity index (χ2v) is 7.43. The molecule has 1 aliphatic heterocycles. The van der Waals surface area contributed by atoms with E-state index in [0.29, 0.717) is 36.1 Å². The molecule has 1 aliphatic rings. The van der Waals surface area contributed by atoms with E-state index >= 15 is 0 Å². The second kappa shape index (κ2) is 8.12. The molecule has 31 heavy (non-hydrogen) atoms. The summed E-state index contributed by atoms with van der Waals surface area (Å²) in [6.45, 7) is 3.01. The molecule has 0 radical (unpaired) electrons. The Bertz CT molecular complexity index is 1060. The van der Waals surface area contributed by atoms with Crippen LogP contribution in [0.5, 0.6) is 11.5 Å². The molecule has 0 aliphatic carbocycles. The van der Waals surface area contributed by atoms with Crippen LogP contribution < -0.4 is 19.7 Å². The van der Waals surface area contributed by atoms with Crippen LogP contribution in [-0.4, -0.2) is 52.9 Å². The van der Waals surface area contributed by atoms with Crippen molar-refractivity contribution in [2.45, 2.75) is 32.0 Å². The number of aromatic nitrogens is 4. The number of hydrogen-bond donors (Lipinski definition) is 1. The van der Waals surface area contributed by atoms with E-state index in [9.17, 15) is 13.2 Å². The van der Waals surface area contributed by atoms with Crippen molar-refractivity contribution in [1.29, 1.82) is 0 Å². The molecule has 1 aromatic carbocycles. The molecule has 1 unspecified atom stereocenters. The lowest BCUT2D eigenvalue weighted by Crippen LogP contribution is -2.43. The molecule has 1 atom stereocenters. The zero-order valence-electron chi connectivity index (χ0n) is 17.4. The van der Waals surface area contributed by atoms with Gasteiger partial charge >= 0.3 is 6.18 Å². The summed E-state index contributed by atoms with van der Waals surface area (Å²) < 4.78 is 51.2. The van der Waals surface area contributed by atoms with Gasteiger partial charge in [0.15, 0.2) is 0 Å². The van der Waals surface area contributed by atoms with E-state index in [4.69, 9.17) is 9.47 Å². The van der Waals surface area contributed by atoms with Gasteiger partial charge in [0.1, 0.15) is 17.3 Å². The highest BCUT2D eigenvalue weighted by Crippen LogP contribution is 2.30. The summed E-state index contributed by atoms with van der Waals surface area (Å²) in [5.74, 6) is 0.628. The van der Waals surface area contributed by atoms with Gasteiger partial charge in [0.05, 0.1) is 14.2 Å². The first-order chi connectivity index (χ1) is 14.8. The quantitative estimate of drug-likeness (QED) is 0.656. The number of ether oxygens (including phenoxy) is 2. The molecular weight excluding hydrogens is 413 g/mol. The molecule has 2 aromatic heterocycles. The highest BCUT2D eigenvalue weighted by Gasteiger charge is 2.37. The summed E-state index contributed by atoms with van der Waals surface area (Å²) in [6.07, 6.45) is -2.85. The van der Waals surface area contributed by atoms with Gasteiger partial charge in [-0.25, -0.2) is 4.98 Å². The van der Waals surface area contributed by atoms with Crippen molar-refractivity contribution in [2.75, 3.05) is 37.5 Å². The Morgan fingerprint density at radius 2 is 1.77 bits per heavy atom. The number of nitrogens with zero attached hydrogens (tertiary/aromatic N) is 5. The fourth-order valence-electron chi connectivity index (χ4n) is 3.74. The first-order valence-corrected chi connectivity index (χ1v) is 9.83. The Morgan fingerprint density at radius 3 is 2.42 bits per heavy atom. The van der Waals surface area contributed by atoms with Gasteiger partial charge in [0.2, 0.25) is 0 Å². The normalized spacial score (nSPS) is 17.1. The number of hydrogen-bond acceptors (Lipinski definition) is 7. The average Bonchev–Trinajstić information content (AvgIpc) is 3.17. The van der Waals surface area contributed by atoms with E-state index in [1.54, 1.807) is 33.3 Å². The third kappa shape index (κ3) is 4.44. The van der Waals surface area contributed by atoms with E-state index in [0.717, 1.165) is 18.5 Å². The Labute approximate surface area is 177 Å². The van der Waals surface area contributed by atoms with Crippen molar-refractivity contribution in [3.05, 3.63) is 35.8 Å². The largest absolute Gasteiger partial charge is 0.497 e. The molecule has 0 spiro atoms. The predicted molar refractivity (Wildman–Crippen MR) is 109 cm³/mol. The zero-order chi connectivity index (χ0) is 22.2. The van der Waals surface area contributed by atoms with Crippen molar-refractivity contribution in [3.8, 4) is 11.5 Å². The van der Waals surface area contributed by atoms with E-state index in [2.05, 4.69) is 20.4 Å². The minimum atomic E-state index is -4.63. The number of alkyl halides is 3. The summed E-state index contributed by atoms with van der Waals surface area (Å²) in [5, 5.41) is 7.16. The first-order valence-electron chi connectivity index (χ1n) is 9.83. The highest BCUT2D eigenvalue weighted by molar-refractivity contribution is 5.55. The number of aryl methyl sites for hydroxylation is 1. The van der Waals surface area contributed by atoms with Crippen molar-refractivity contribution in [1.82, 2.24) is 19.6 Å². The summed E-state index contributed by atoms with van der Waals surface area (Å²) in [6, 6.07) is 7.35. The molecular formula is C20H23F3N6O2.